The highest BCUT2D eigenvalue weighted by atomic mass is 19.1. The van der Waals surface area contributed by atoms with Gasteiger partial charge in [-0.1, -0.05) is 30.3 Å². The van der Waals surface area contributed by atoms with Gasteiger partial charge in [0.1, 0.15) is 11.4 Å². The zero-order chi connectivity index (χ0) is 17.6. The first kappa shape index (κ1) is 15.5. The second kappa shape index (κ2) is 5.82. The Bertz CT molecular complexity index is 1030. The molecule has 6 heteroatoms. The normalized spacial score (nSPS) is 16.5. The number of carbonyl (C=O) groups excluding carboxylic acids is 1. The summed E-state index contributed by atoms with van der Waals surface area (Å²) in [7, 11) is 0. The molecule has 5 nitrogen and oxygen atoms in total. The van der Waals surface area contributed by atoms with Gasteiger partial charge in [0, 0.05) is 6.54 Å². The Balaban J connectivity index is 2.03. The standard InChI is InChI=1S/C19H14FNO4/c20-12-6-7-14-13(10-12)17(23)15-16(11-4-2-1-3-5-11)21(8-9-22)19(24)18(15)25-14/h1-7,10,16,22H,8-9H2/t16-/m1/s1. The second-order valence-corrected chi connectivity index (χ2v) is 5.85. The Morgan fingerprint density at radius 2 is 1.88 bits per heavy atom. The number of hydrogen-bond donors (Lipinski definition) is 1. The molecule has 0 saturated carbocycles. The van der Waals surface area contributed by atoms with E-state index in [-0.39, 0.29) is 35.4 Å². The molecule has 2 aromatic carbocycles. The fraction of sp³-hybridized carbons (Fsp3) is 0.158. The molecule has 1 aliphatic heterocycles. The van der Waals surface area contributed by atoms with E-state index < -0.39 is 23.2 Å². The summed E-state index contributed by atoms with van der Waals surface area (Å²) in [6.07, 6.45) is 0. The van der Waals surface area contributed by atoms with Crippen LogP contribution in [0.3, 0.4) is 0 Å². The fourth-order valence-corrected chi connectivity index (χ4v) is 3.31. The third kappa shape index (κ3) is 2.34. The van der Waals surface area contributed by atoms with Crippen LogP contribution >= 0.6 is 0 Å². The van der Waals surface area contributed by atoms with E-state index in [2.05, 4.69) is 0 Å². The minimum absolute atomic E-state index is 0.0496. The number of halogens is 1. The lowest BCUT2D eigenvalue weighted by Crippen LogP contribution is -2.32. The molecule has 2 heterocycles. The quantitative estimate of drug-likeness (QED) is 0.796. The molecule has 1 aliphatic rings. The van der Waals surface area contributed by atoms with E-state index >= 15 is 0 Å². The lowest BCUT2D eigenvalue weighted by Gasteiger charge is -2.24. The fourth-order valence-electron chi connectivity index (χ4n) is 3.31. The third-order valence-electron chi connectivity index (χ3n) is 4.38. The highest BCUT2D eigenvalue weighted by molar-refractivity contribution is 5.99. The van der Waals surface area contributed by atoms with Crippen molar-refractivity contribution in [2.24, 2.45) is 0 Å². The van der Waals surface area contributed by atoms with E-state index in [9.17, 15) is 19.1 Å². The van der Waals surface area contributed by atoms with Gasteiger partial charge >= 0.3 is 0 Å². The smallest absolute Gasteiger partial charge is 0.290 e. The van der Waals surface area contributed by atoms with E-state index in [1.165, 1.54) is 17.0 Å². The van der Waals surface area contributed by atoms with Crippen LogP contribution in [0, 0.1) is 5.82 Å². The van der Waals surface area contributed by atoms with Gasteiger partial charge in [0.25, 0.3) is 5.91 Å². The first-order chi connectivity index (χ1) is 12.1. The van der Waals surface area contributed by atoms with Crippen LogP contribution in [-0.4, -0.2) is 29.1 Å². The number of amides is 1. The summed E-state index contributed by atoms with van der Waals surface area (Å²) in [5.74, 6) is -1.06. The van der Waals surface area contributed by atoms with Gasteiger partial charge in [0.15, 0.2) is 5.43 Å². The molecule has 0 unspecified atom stereocenters. The van der Waals surface area contributed by atoms with Crippen molar-refractivity contribution in [2.75, 3.05) is 13.2 Å². The molecule has 126 valence electrons. The van der Waals surface area contributed by atoms with Gasteiger partial charge in [0.2, 0.25) is 5.76 Å². The predicted molar refractivity (Wildman–Crippen MR) is 88.8 cm³/mol. The summed E-state index contributed by atoms with van der Waals surface area (Å²) in [5, 5.41) is 9.43. The first-order valence-electron chi connectivity index (χ1n) is 7.85. The number of β-amino-alcohol motifs (C(OH)–C–C–N with tert-alkyl or cyclic N) is 1. The molecule has 0 aliphatic carbocycles. The molecular weight excluding hydrogens is 325 g/mol. The predicted octanol–water partition coefficient (Wildman–Crippen LogP) is 2.47. The maximum Gasteiger partial charge on any atom is 0.290 e. The van der Waals surface area contributed by atoms with Gasteiger partial charge in [-0.3, -0.25) is 9.59 Å². The molecular formula is C19H14FNO4. The highest BCUT2D eigenvalue weighted by Gasteiger charge is 2.42. The molecule has 0 fully saturated rings. The highest BCUT2D eigenvalue weighted by Crippen LogP contribution is 2.37. The number of benzene rings is 2. The van der Waals surface area contributed by atoms with Crippen molar-refractivity contribution in [3.63, 3.8) is 0 Å². The lowest BCUT2D eigenvalue weighted by atomic mass is 9.98. The van der Waals surface area contributed by atoms with E-state index in [0.717, 1.165) is 11.6 Å². The lowest BCUT2D eigenvalue weighted by molar-refractivity contribution is 0.0691. The van der Waals surface area contributed by atoms with Gasteiger partial charge in [0.05, 0.1) is 23.6 Å². The minimum atomic E-state index is -0.667. The number of carbonyl (C=O) groups is 1. The van der Waals surface area contributed by atoms with Crippen molar-refractivity contribution in [1.82, 2.24) is 4.90 Å². The molecule has 3 aromatic rings. The molecule has 1 atom stereocenters. The van der Waals surface area contributed by atoms with Gasteiger partial charge in [-0.2, -0.15) is 0 Å². The van der Waals surface area contributed by atoms with Gasteiger partial charge in [-0.15, -0.1) is 0 Å². The monoisotopic (exact) mass is 339 g/mol. The number of rotatable bonds is 3. The van der Waals surface area contributed by atoms with Crippen LogP contribution in [0.25, 0.3) is 11.0 Å². The van der Waals surface area contributed by atoms with E-state index in [1.54, 1.807) is 24.3 Å². The summed E-state index contributed by atoms with van der Waals surface area (Å²) >= 11 is 0. The van der Waals surface area contributed by atoms with Crippen LogP contribution in [-0.2, 0) is 0 Å². The first-order valence-corrected chi connectivity index (χ1v) is 7.85. The van der Waals surface area contributed by atoms with Gasteiger partial charge < -0.3 is 14.4 Å². The molecule has 1 aromatic heterocycles. The molecule has 25 heavy (non-hydrogen) atoms. The van der Waals surface area contributed by atoms with Gasteiger partial charge in [-0.05, 0) is 23.8 Å². The van der Waals surface area contributed by atoms with Crippen molar-refractivity contribution < 1.29 is 18.7 Å². The van der Waals surface area contributed by atoms with Crippen LogP contribution in [0.2, 0.25) is 0 Å². The largest absolute Gasteiger partial charge is 0.450 e. The van der Waals surface area contributed by atoms with Crippen LogP contribution in [0.15, 0.2) is 57.7 Å². The zero-order valence-corrected chi connectivity index (χ0v) is 13.1. The Morgan fingerprint density at radius 3 is 2.60 bits per heavy atom. The van der Waals surface area contributed by atoms with Crippen LogP contribution in [0.1, 0.15) is 27.7 Å². The summed E-state index contributed by atoms with van der Waals surface area (Å²) < 4.78 is 19.2. The Morgan fingerprint density at radius 1 is 1.12 bits per heavy atom. The number of nitrogens with zero attached hydrogens (tertiary/aromatic N) is 1. The van der Waals surface area contributed by atoms with Crippen molar-refractivity contribution in [2.45, 2.75) is 6.04 Å². The van der Waals surface area contributed by atoms with Crippen molar-refractivity contribution in [3.05, 3.63) is 81.5 Å². The molecule has 4 rings (SSSR count). The SMILES string of the molecule is O=C1c2oc3ccc(F)cc3c(=O)c2[C@@H](c2ccccc2)N1CCO. The second-order valence-electron chi connectivity index (χ2n) is 5.85. The maximum atomic E-state index is 13.6. The van der Waals surface area contributed by atoms with E-state index in [1.807, 2.05) is 6.07 Å². The Labute approximate surface area is 141 Å². The average molecular weight is 339 g/mol. The maximum absolute atomic E-state index is 13.6. The van der Waals surface area contributed by atoms with E-state index in [4.69, 9.17) is 4.42 Å². The molecule has 1 N–H and O–H groups in total. The number of aliphatic hydroxyl groups is 1. The molecule has 0 radical (unpaired) electrons. The molecule has 0 spiro atoms. The van der Waals surface area contributed by atoms with Gasteiger partial charge in [-0.25, -0.2) is 4.39 Å². The van der Waals surface area contributed by atoms with Crippen LogP contribution < -0.4 is 5.43 Å². The molecule has 1 amide bonds. The average Bonchev–Trinajstić information content (AvgIpc) is 2.90. The zero-order valence-electron chi connectivity index (χ0n) is 13.1. The molecule has 0 bridgehead atoms. The summed E-state index contributed by atoms with van der Waals surface area (Å²) in [6, 6.07) is 12.0. The van der Waals surface area contributed by atoms with Crippen molar-refractivity contribution in [3.8, 4) is 0 Å². The Hall–Kier alpha value is -2.99. The van der Waals surface area contributed by atoms with Crippen LogP contribution in [0.5, 0.6) is 0 Å². The summed E-state index contributed by atoms with van der Waals surface area (Å²) in [6.45, 7) is -0.182. The van der Waals surface area contributed by atoms with E-state index in [0.29, 0.717) is 0 Å². The topological polar surface area (TPSA) is 70.8 Å². The third-order valence-corrected chi connectivity index (χ3v) is 4.38. The minimum Gasteiger partial charge on any atom is -0.450 e. The summed E-state index contributed by atoms with van der Waals surface area (Å²) in [5.41, 5.74) is 0.642. The van der Waals surface area contributed by atoms with Crippen molar-refractivity contribution >= 4 is 16.9 Å². The number of hydrogen-bond acceptors (Lipinski definition) is 4. The van der Waals surface area contributed by atoms with Crippen molar-refractivity contribution in [1.29, 1.82) is 0 Å². The molecule has 0 saturated heterocycles. The number of fused-ring (bicyclic) bond motifs is 2. The van der Waals surface area contributed by atoms with Crippen LogP contribution in [0.4, 0.5) is 4.39 Å². The number of aliphatic hydroxyl groups excluding tert-OH is 1. The summed E-state index contributed by atoms with van der Waals surface area (Å²) in [4.78, 5) is 27.1. The Kier molecular flexibility index (Phi) is 3.62.